The standard InChI is InChI=1S/C12H14BrFN2O2/c13-9-5-7(14)6-10(15)12(9)18-4-3-11(17)16-8-1-2-8/h5-6,8H,1-4,15H2,(H,16,17). The number of amides is 1. The summed E-state index contributed by atoms with van der Waals surface area (Å²) < 4.78 is 18.8. The number of anilines is 1. The van der Waals surface area contributed by atoms with Crippen molar-refractivity contribution in [3.63, 3.8) is 0 Å². The number of ether oxygens (including phenoxy) is 1. The van der Waals surface area contributed by atoms with E-state index in [4.69, 9.17) is 10.5 Å². The second-order valence-corrected chi connectivity index (χ2v) is 5.10. The second kappa shape index (κ2) is 5.56. The number of halogens is 2. The molecule has 0 spiro atoms. The predicted molar refractivity (Wildman–Crippen MR) is 69.8 cm³/mol. The number of nitrogen functional groups attached to an aromatic ring is 1. The highest BCUT2D eigenvalue weighted by Crippen LogP contribution is 2.32. The lowest BCUT2D eigenvalue weighted by molar-refractivity contribution is -0.121. The molecule has 18 heavy (non-hydrogen) atoms. The van der Waals surface area contributed by atoms with Crippen molar-refractivity contribution < 1.29 is 13.9 Å². The van der Waals surface area contributed by atoms with Crippen molar-refractivity contribution in [2.45, 2.75) is 25.3 Å². The summed E-state index contributed by atoms with van der Waals surface area (Å²) in [5.74, 6) is -0.0943. The van der Waals surface area contributed by atoms with Crippen LogP contribution in [-0.2, 0) is 4.79 Å². The van der Waals surface area contributed by atoms with Gasteiger partial charge in [-0.3, -0.25) is 4.79 Å². The third-order valence-corrected chi connectivity index (χ3v) is 3.14. The molecular weight excluding hydrogens is 303 g/mol. The van der Waals surface area contributed by atoms with Gasteiger partial charge in [0.15, 0.2) is 5.75 Å². The molecule has 0 heterocycles. The number of hydrogen-bond acceptors (Lipinski definition) is 3. The monoisotopic (exact) mass is 316 g/mol. The first kappa shape index (κ1) is 13.1. The van der Waals surface area contributed by atoms with E-state index in [1.165, 1.54) is 12.1 Å². The summed E-state index contributed by atoms with van der Waals surface area (Å²) in [6.45, 7) is 0.215. The third-order valence-electron chi connectivity index (χ3n) is 2.56. The maximum Gasteiger partial charge on any atom is 0.223 e. The summed E-state index contributed by atoms with van der Waals surface area (Å²) in [6, 6.07) is 2.81. The summed E-state index contributed by atoms with van der Waals surface area (Å²) in [7, 11) is 0. The fourth-order valence-electron chi connectivity index (χ4n) is 1.51. The Morgan fingerprint density at radius 1 is 1.56 bits per heavy atom. The van der Waals surface area contributed by atoms with Gasteiger partial charge in [-0.15, -0.1) is 0 Å². The summed E-state index contributed by atoms with van der Waals surface area (Å²) in [6.07, 6.45) is 2.38. The number of carbonyl (C=O) groups is 1. The summed E-state index contributed by atoms with van der Waals surface area (Å²) >= 11 is 3.17. The van der Waals surface area contributed by atoms with Crippen LogP contribution in [0, 0.1) is 5.82 Å². The molecule has 3 N–H and O–H groups in total. The van der Waals surface area contributed by atoms with Gasteiger partial charge in [0.1, 0.15) is 5.82 Å². The van der Waals surface area contributed by atoms with E-state index >= 15 is 0 Å². The number of rotatable bonds is 5. The largest absolute Gasteiger partial charge is 0.490 e. The Morgan fingerprint density at radius 2 is 2.28 bits per heavy atom. The van der Waals surface area contributed by atoms with Gasteiger partial charge in [-0.2, -0.15) is 0 Å². The van der Waals surface area contributed by atoms with Gasteiger partial charge in [-0.25, -0.2) is 4.39 Å². The molecule has 0 bridgehead atoms. The molecule has 4 nitrogen and oxygen atoms in total. The van der Waals surface area contributed by atoms with Crippen molar-refractivity contribution in [1.29, 1.82) is 0 Å². The molecule has 0 radical (unpaired) electrons. The van der Waals surface area contributed by atoms with E-state index in [0.29, 0.717) is 16.3 Å². The third kappa shape index (κ3) is 3.60. The minimum absolute atomic E-state index is 0.0331. The van der Waals surface area contributed by atoms with E-state index in [0.717, 1.165) is 12.8 Å². The van der Waals surface area contributed by atoms with Crippen LogP contribution < -0.4 is 15.8 Å². The molecule has 98 valence electrons. The Labute approximate surface area is 113 Å². The quantitative estimate of drug-likeness (QED) is 0.819. The predicted octanol–water partition coefficient (Wildman–Crippen LogP) is 2.22. The number of hydrogen-bond donors (Lipinski definition) is 2. The van der Waals surface area contributed by atoms with Crippen LogP contribution in [0.3, 0.4) is 0 Å². The highest BCUT2D eigenvalue weighted by atomic mass is 79.9. The van der Waals surface area contributed by atoms with Crippen molar-refractivity contribution in [2.75, 3.05) is 12.3 Å². The van der Waals surface area contributed by atoms with Gasteiger partial charge in [-0.05, 0) is 34.8 Å². The maximum absolute atomic E-state index is 13.0. The number of nitrogens with two attached hydrogens (primary N) is 1. The van der Waals surface area contributed by atoms with Gasteiger partial charge < -0.3 is 15.8 Å². The molecule has 0 saturated heterocycles. The van der Waals surface area contributed by atoms with E-state index in [-0.39, 0.29) is 24.6 Å². The second-order valence-electron chi connectivity index (χ2n) is 4.25. The van der Waals surface area contributed by atoms with Gasteiger partial charge in [0.05, 0.1) is 23.2 Å². The van der Waals surface area contributed by atoms with Crippen LogP contribution in [0.1, 0.15) is 19.3 Å². The van der Waals surface area contributed by atoms with Crippen LogP contribution in [-0.4, -0.2) is 18.6 Å². The van der Waals surface area contributed by atoms with Crippen molar-refractivity contribution in [3.05, 3.63) is 22.4 Å². The van der Waals surface area contributed by atoms with Crippen LogP contribution >= 0.6 is 15.9 Å². The first-order chi connectivity index (χ1) is 8.56. The Hall–Kier alpha value is -1.30. The highest BCUT2D eigenvalue weighted by Gasteiger charge is 2.23. The molecule has 0 atom stereocenters. The average molecular weight is 317 g/mol. The van der Waals surface area contributed by atoms with Gasteiger partial charge >= 0.3 is 0 Å². The Morgan fingerprint density at radius 3 is 2.89 bits per heavy atom. The molecule has 1 saturated carbocycles. The number of benzene rings is 1. The van der Waals surface area contributed by atoms with Gasteiger partial charge in [0.25, 0.3) is 0 Å². The van der Waals surface area contributed by atoms with Gasteiger partial charge in [-0.1, -0.05) is 0 Å². The van der Waals surface area contributed by atoms with Crippen molar-refractivity contribution >= 4 is 27.5 Å². The molecule has 1 amide bonds. The fraction of sp³-hybridized carbons (Fsp3) is 0.417. The maximum atomic E-state index is 13.0. The first-order valence-electron chi connectivity index (χ1n) is 5.73. The molecular formula is C12H14BrFN2O2. The molecule has 1 aromatic carbocycles. The lowest BCUT2D eigenvalue weighted by Crippen LogP contribution is -2.26. The zero-order chi connectivity index (χ0) is 13.1. The molecule has 6 heteroatoms. The van der Waals surface area contributed by atoms with Crippen LogP contribution in [0.2, 0.25) is 0 Å². The minimum Gasteiger partial charge on any atom is -0.490 e. The normalized spacial score (nSPS) is 14.3. The molecule has 2 rings (SSSR count). The van der Waals surface area contributed by atoms with E-state index in [1.54, 1.807) is 0 Å². The Bertz CT molecular complexity index is 440. The zero-order valence-electron chi connectivity index (χ0n) is 9.71. The Kier molecular flexibility index (Phi) is 4.06. The molecule has 1 aliphatic rings. The number of carbonyl (C=O) groups excluding carboxylic acids is 1. The van der Waals surface area contributed by atoms with Crippen molar-refractivity contribution in [3.8, 4) is 5.75 Å². The van der Waals surface area contributed by atoms with E-state index in [1.807, 2.05) is 0 Å². The molecule has 0 aliphatic heterocycles. The summed E-state index contributed by atoms with van der Waals surface area (Å²) in [4.78, 5) is 11.4. The van der Waals surface area contributed by atoms with Crippen molar-refractivity contribution in [2.24, 2.45) is 0 Å². The molecule has 1 aliphatic carbocycles. The van der Waals surface area contributed by atoms with E-state index in [9.17, 15) is 9.18 Å². The highest BCUT2D eigenvalue weighted by molar-refractivity contribution is 9.10. The first-order valence-corrected chi connectivity index (χ1v) is 6.52. The SMILES string of the molecule is Nc1cc(F)cc(Br)c1OCCC(=O)NC1CC1. The van der Waals surface area contributed by atoms with E-state index in [2.05, 4.69) is 21.2 Å². The fourth-order valence-corrected chi connectivity index (χ4v) is 2.07. The van der Waals surface area contributed by atoms with Crippen LogP contribution in [0.5, 0.6) is 5.75 Å². The summed E-state index contributed by atoms with van der Waals surface area (Å²) in [5, 5.41) is 2.86. The van der Waals surface area contributed by atoms with Crippen LogP contribution in [0.15, 0.2) is 16.6 Å². The lowest BCUT2D eigenvalue weighted by atomic mass is 10.3. The van der Waals surface area contributed by atoms with E-state index < -0.39 is 5.82 Å². The average Bonchev–Trinajstić information content (AvgIpc) is 3.05. The van der Waals surface area contributed by atoms with Crippen LogP contribution in [0.4, 0.5) is 10.1 Å². The molecule has 1 aromatic rings. The molecule has 0 unspecified atom stereocenters. The smallest absolute Gasteiger partial charge is 0.223 e. The molecule has 0 aromatic heterocycles. The Balaban J connectivity index is 1.84. The lowest BCUT2D eigenvalue weighted by Gasteiger charge is -2.11. The zero-order valence-corrected chi connectivity index (χ0v) is 11.3. The summed E-state index contributed by atoms with van der Waals surface area (Å²) in [5.41, 5.74) is 5.85. The number of nitrogens with one attached hydrogen (secondary N) is 1. The van der Waals surface area contributed by atoms with Crippen LogP contribution in [0.25, 0.3) is 0 Å². The van der Waals surface area contributed by atoms with Gasteiger partial charge in [0, 0.05) is 12.1 Å². The topological polar surface area (TPSA) is 64.3 Å². The molecule has 1 fully saturated rings. The van der Waals surface area contributed by atoms with Gasteiger partial charge in [0.2, 0.25) is 5.91 Å². The van der Waals surface area contributed by atoms with Crippen molar-refractivity contribution in [1.82, 2.24) is 5.32 Å². The minimum atomic E-state index is -0.432.